The molecule has 1 unspecified atom stereocenters. The lowest BCUT2D eigenvalue weighted by Crippen LogP contribution is -2.65. The van der Waals surface area contributed by atoms with Gasteiger partial charge in [0, 0.05) is 31.7 Å². The van der Waals surface area contributed by atoms with Crippen molar-refractivity contribution in [3.63, 3.8) is 0 Å². The fourth-order valence-electron chi connectivity index (χ4n) is 4.34. The van der Waals surface area contributed by atoms with E-state index in [0.29, 0.717) is 11.6 Å². The third kappa shape index (κ3) is 2.73. The summed E-state index contributed by atoms with van der Waals surface area (Å²) in [5.74, 6) is 2.01. The number of hydrogen-bond acceptors (Lipinski definition) is 4. The number of rotatable bonds is 3. The summed E-state index contributed by atoms with van der Waals surface area (Å²) in [6, 6.07) is 0.703. The average molecular weight is 289 g/mol. The highest BCUT2D eigenvalue weighted by Crippen LogP contribution is 2.40. The first-order valence-electron chi connectivity index (χ1n) is 8.58. The van der Waals surface area contributed by atoms with E-state index in [1.807, 2.05) is 11.7 Å². The summed E-state index contributed by atoms with van der Waals surface area (Å²) < 4.78 is 1.93. The second-order valence-corrected chi connectivity index (χ2v) is 7.33. The van der Waals surface area contributed by atoms with Crippen LogP contribution < -0.4 is 5.32 Å². The van der Waals surface area contributed by atoms with Gasteiger partial charge in [0.15, 0.2) is 0 Å². The molecule has 1 atom stereocenters. The van der Waals surface area contributed by atoms with Gasteiger partial charge in [0.05, 0.1) is 6.54 Å². The molecule has 0 bridgehead atoms. The number of aromatic nitrogens is 3. The standard InChI is InChI=1S/C16H27N5/c1-20-15(17-12-19-20)10-21-11-16(7-3-2-4-8-16)18-9-14(21)13-5-6-13/h12-14,18H,2-11H2,1H3. The zero-order valence-electron chi connectivity index (χ0n) is 13.1. The summed E-state index contributed by atoms with van der Waals surface area (Å²) in [6.45, 7) is 3.32. The molecule has 1 saturated heterocycles. The Morgan fingerprint density at radius 2 is 2.10 bits per heavy atom. The molecule has 3 fully saturated rings. The van der Waals surface area contributed by atoms with Gasteiger partial charge >= 0.3 is 0 Å². The Balaban J connectivity index is 1.52. The summed E-state index contributed by atoms with van der Waals surface area (Å²) in [5.41, 5.74) is 0.377. The van der Waals surface area contributed by atoms with Gasteiger partial charge in [-0.1, -0.05) is 19.3 Å². The number of piperazine rings is 1. The first-order chi connectivity index (χ1) is 10.3. The van der Waals surface area contributed by atoms with Crippen LogP contribution in [0.5, 0.6) is 0 Å². The highest BCUT2D eigenvalue weighted by molar-refractivity contribution is 5.04. The van der Waals surface area contributed by atoms with E-state index in [2.05, 4.69) is 20.3 Å². The van der Waals surface area contributed by atoms with Crippen LogP contribution >= 0.6 is 0 Å². The van der Waals surface area contributed by atoms with Crippen LogP contribution in [0.3, 0.4) is 0 Å². The molecule has 1 aromatic rings. The molecule has 2 saturated carbocycles. The van der Waals surface area contributed by atoms with Crippen LogP contribution in [0.1, 0.15) is 50.8 Å². The lowest BCUT2D eigenvalue weighted by Gasteiger charge is -2.50. The maximum absolute atomic E-state index is 4.45. The largest absolute Gasteiger partial charge is 0.308 e. The predicted molar refractivity (Wildman–Crippen MR) is 81.7 cm³/mol. The van der Waals surface area contributed by atoms with E-state index in [1.54, 1.807) is 6.33 Å². The van der Waals surface area contributed by atoms with E-state index < -0.39 is 0 Å². The maximum atomic E-state index is 4.45. The van der Waals surface area contributed by atoms with Crippen molar-refractivity contribution in [1.82, 2.24) is 25.0 Å². The van der Waals surface area contributed by atoms with Crippen molar-refractivity contribution in [2.75, 3.05) is 13.1 Å². The molecule has 4 rings (SSSR count). The molecule has 2 heterocycles. The Morgan fingerprint density at radius 3 is 2.76 bits per heavy atom. The van der Waals surface area contributed by atoms with Crippen molar-refractivity contribution >= 4 is 0 Å². The normalized spacial score (nSPS) is 29.9. The SMILES string of the molecule is Cn1ncnc1CN1CC2(CCCCC2)NCC1C1CC1. The minimum Gasteiger partial charge on any atom is -0.308 e. The van der Waals surface area contributed by atoms with Crippen molar-refractivity contribution in [3.8, 4) is 0 Å². The molecule has 0 amide bonds. The monoisotopic (exact) mass is 289 g/mol. The summed E-state index contributed by atoms with van der Waals surface area (Å²) in [6.07, 6.45) is 11.4. The average Bonchev–Trinajstić information content (AvgIpc) is 3.25. The Kier molecular flexibility index (Phi) is 3.50. The van der Waals surface area contributed by atoms with Crippen LogP contribution in [0.15, 0.2) is 6.33 Å². The van der Waals surface area contributed by atoms with Gasteiger partial charge in [-0.25, -0.2) is 4.98 Å². The first-order valence-corrected chi connectivity index (χ1v) is 8.58. The second kappa shape index (κ2) is 5.36. The minimum atomic E-state index is 0.377. The predicted octanol–water partition coefficient (Wildman–Crippen LogP) is 1.70. The fraction of sp³-hybridized carbons (Fsp3) is 0.875. The Morgan fingerprint density at radius 1 is 1.29 bits per heavy atom. The highest BCUT2D eigenvalue weighted by atomic mass is 15.3. The molecule has 2 aliphatic carbocycles. The topological polar surface area (TPSA) is 46.0 Å². The zero-order valence-corrected chi connectivity index (χ0v) is 13.1. The van der Waals surface area contributed by atoms with Gasteiger partial charge in [0.1, 0.15) is 12.2 Å². The quantitative estimate of drug-likeness (QED) is 0.920. The Hall–Kier alpha value is -0.940. The number of aryl methyl sites for hydroxylation is 1. The summed E-state index contributed by atoms with van der Waals surface area (Å²) in [7, 11) is 2.01. The Labute approximate surface area is 127 Å². The van der Waals surface area contributed by atoms with E-state index in [-0.39, 0.29) is 0 Å². The molecular formula is C16H27N5. The highest BCUT2D eigenvalue weighted by Gasteiger charge is 2.44. The van der Waals surface area contributed by atoms with E-state index in [9.17, 15) is 0 Å². The molecule has 0 radical (unpaired) electrons. The first kappa shape index (κ1) is 13.7. The van der Waals surface area contributed by atoms with Crippen molar-refractivity contribution < 1.29 is 0 Å². The Bertz CT molecular complexity index is 487. The molecule has 1 spiro atoms. The number of nitrogens with one attached hydrogen (secondary N) is 1. The van der Waals surface area contributed by atoms with Crippen LogP contribution in [-0.2, 0) is 13.6 Å². The molecule has 116 valence electrons. The smallest absolute Gasteiger partial charge is 0.140 e. The third-order valence-corrected chi connectivity index (χ3v) is 5.79. The lowest BCUT2D eigenvalue weighted by atomic mass is 9.79. The van der Waals surface area contributed by atoms with E-state index in [4.69, 9.17) is 0 Å². The van der Waals surface area contributed by atoms with Crippen LogP contribution in [0.25, 0.3) is 0 Å². The van der Waals surface area contributed by atoms with E-state index in [0.717, 1.165) is 18.3 Å². The molecule has 3 aliphatic rings. The van der Waals surface area contributed by atoms with E-state index in [1.165, 1.54) is 58.0 Å². The summed E-state index contributed by atoms with van der Waals surface area (Å²) in [4.78, 5) is 7.16. The van der Waals surface area contributed by atoms with Gasteiger partial charge in [-0.3, -0.25) is 9.58 Å². The van der Waals surface area contributed by atoms with Crippen LogP contribution in [-0.4, -0.2) is 44.3 Å². The molecule has 5 nitrogen and oxygen atoms in total. The van der Waals surface area contributed by atoms with Gasteiger partial charge in [-0.15, -0.1) is 0 Å². The van der Waals surface area contributed by atoms with E-state index >= 15 is 0 Å². The van der Waals surface area contributed by atoms with Gasteiger partial charge in [-0.2, -0.15) is 5.10 Å². The van der Waals surface area contributed by atoms with Crippen LogP contribution in [0.2, 0.25) is 0 Å². The summed E-state index contributed by atoms with van der Waals surface area (Å²) in [5, 5.41) is 8.18. The molecular weight excluding hydrogens is 262 g/mol. The number of hydrogen-bond donors (Lipinski definition) is 1. The molecule has 1 aromatic heterocycles. The summed E-state index contributed by atoms with van der Waals surface area (Å²) >= 11 is 0. The lowest BCUT2D eigenvalue weighted by molar-refractivity contribution is 0.0384. The maximum Gasteiger partial charge on any atom is 0.140 e. The van der Waals surface area contributed by atoms with Crippen LogP contribution in [0, 0.1) is 5.92 Å². The van der Waals surface area contributed by atoms with Gasteiger partial charge in [0.25, 0.3) is 0 Å². The van der Waals surface area contributed by atoms with Gasteiger partial charge in [-0.05, 0) is 31.6 Å². The van der Waals surface area contributed by atoms with Crippen molar-refractivity contribution in [2.24, 2.45) is 13.0 Å². The zero-order chi connectivity index (χ0) is 14.3. The van der Waals surface area contributed by atoms with Crippen molar-refractivity contribution in [3.05, 3.63) is 12.2 Å². The fourth-order valence-corrected chi connectivity index (χ4v) is 4.34. The minimum absolute atomic E-state index is 0.377. The molecule has 5 heteroatoms. The van der Waals surface area contributed by atoms with Crippen molar-refractivity contribution in [2.45, 2.75) is 63.1 Å². The number of nitrogens with zero attached hydrogens (tertiary/aromatic N) is 4. The molecule has 1 N–H and O–H groups in total. The molecule has 1 aliphatic heterocycles. The van der Waals surface area contributed by atoms with Gasteiger partial charge < -0.3 is 5.32 Å². The molecule has 21 heavy (non-hydrogen) atoms. The van der Waals surface area contributed by atoms with Crippen molar-refractivity contribution in [1.29, 1.82) is 0 Å². The second-order valence-electron chi connectivity index (χ2n) is 7.33. The molecule has 0 aromatic carbocycles. The van der Waals surface area contributed by atoms with Gasteiger partial charge in [0.2, 0.25) is 0 Å². The third-order valence-electron chi connectivity index (χ3n) is 5.79. The van der Waals surface area contributed by atoms with Crippen LogP contribution in [0.4, 0.5) is 0 Å².